The van der Waals surface area contributed by atoms with Crippen LogP contribution in [-0.2, 0) is 20.7 Å². The molecule has 0 radical (unpaired) electrons. The van der Waals surface area contributed by atoms with Crippen LogP contribution < -0.4 is 10.6 Å². The van der Waals surface area contributed by atoms with Crippen LogP contribution >= 0.6 is 0 Å². The van der Waals surface area contributed by atoms with Crippen molar-refractivity contribution in [2.45, 2.75) is 51.8 Å². The van der Waals surface area contributed by atoms with E-state index >= 15 is 0 Å². The van der Waals surface area contributed by atoms with Gasteiger partial charge in [-0.1, -0.05) is 42.5 Å². The van der Waals surface area contributed by atoms with E-state index in [9.17, 15) is 24.6 Å². The number of phenols is 2. The second-order valence-corrected chi connectivity index (χ2v) is 10.3. The zero-order valence-corrected chi connectivity index (χ0v) is 22.8. The molecule has 2 atom stereocenters. The number of para-hydroxylation sites is 1. The molecule has 3 aromatic rings. The number of carbonyl (C=O) groups is 3. The summed E-state index contributed by atoms with van der Waals surface area (Å²) >= 11 is 0. The van der Waals surface area contributed by atoms with Gasteiger partial charge < -0.3 is 30.5 Å². The highest BCUT2D eigenvalue weighted by Gasteiger charge is 2.34. The average molecular weight is 534 g/mol. The number of benzene rings is 3. The highest BCUT2D eigenvalue weighted by atomic mass is 16.6. The van der Waals surface area contributed by atoms with Crippen LogP contribution in [0.4, 0.5) is 10.5 Å². The quantitative estimate of drug-likeness (QED) is 0.333. The number of hydrogen-bond donors (Lipinski definition) is 4. The van der Waals surface area contributed by atoms with E-state index < -0.39 is 35.6 Å². The van der Waals surface area contributed by atoms with Crippen molar-refractivity contribution in [1.82, 2.24) is 10.2 Å². The molecule has 39 heavy (non-hydrogen) atoms. The highest BCUT2D eigenvalue weighted by molar-refractivity contribution is 5.99. The second-order valence-electron chi connectivity index (χ2n) is 10.3. The Bertz CT molecular complexity index is 1300. The van der Waals surface area contributed by atoms with Gasteiger partial charge in [-0.05, 0) is 74.7 Å². The molecule has 3 rings (SSSR count). The molecule has 0 aliphatic carbocycles. The van der Waals surface area contributed by atoms with Crippen molar-refractivity contribution in [2.75, 3.05) is 12.4 Å². The third kappa shape index (κ3) is 8.23. The van der Waals surface area contributed by atoms with Crippen LogP contribution in [0.5, 0.6) is 11.5 Å². The number of alkyl carbamates (subject to hydrolysis) is 1. The van der Waals surface area contributed by atoms with E-state index in [-0.39, 0.29) is 17.9 Å². The predicted molar refractivity (Wildman–Crippen MR) is 148 cm³/mol. The molecule has 9 heteroatoms. The molecule has 3 aromatic carbocycles. The largest absolute Gasteiger partial charge is 0.508 e. The number of amides is 3. The first-order chi connectivity index (χ1) is 18.3. The van der Waals surface area contributed by atoms with Gasteiger partial charge in [0.1, 0.15) is 29.2 Å². The van der Waals surface area contributed by atoms with Crippen molar-refractivity contribution in [3.05, 3.63) is 89.5 Å². The fourth-order valence-electron chi connectivity index (χ4n) is 4.01. The molecule has 4 N–H and O–H groups in total. The molecular weight excluding hydrogens is 498 g/mol. The minimum Gasteiger partial charge on any atom is -0.508 e. The summed E-state index contributed by atoms with van der Waals surface area (Å²) < 4.78 is 5.39. The predicted octanol–water partition coefficient (Wildman–Crippen LogP) is 4.68. The van der Waals surface area contributed by atoms with E-state index in [1.165, 1.54) is 36.2 Å². The molecule has 0 fully saturated rings. The van der Waals surface area contributed by atoms with Crippen LogP contribution in [0.3, 0.4) is 0 Å². The maximum absolute atomic E-state index is 13.9. The van der Waals surface area contributed by atoms with Gasteiger partial charge in [0.2, 0.25) is 5.91 Å². The minimum absolute atomic E-state index is 0.0163. The van der Waals surface area contributed by atoms with Crippen LogP contribution in [0, 0.1) is 6.92 Å². The normalized spacial score (nSPS) is 12.6. The fourth-order valence-corrected chi connectivity index (χ4v) is 4.01. The number of carbonyl (C=O) groups excluding carboxylic acids is 3. The number of ether oxygens (including phenoxy) is 1. The molecule has 0 spiro atoms. The fraction of sp³-hybridized carbons (Fsp3) is 0.300. The van der Waals surface area contributed by atoms with E-state index in [1.54, 1.807) is 57.2 Å². The average Bonchev–Trinajstić information content (AvgIpc) is 2.86. The number of rotatable bonds is 8. The number of phenolic OH excluding ortho intramolecular Hbond substituents is 2. The molecule has 0 bridgehead atoms. The second kappa shape index (κ2) is 12.3. The van der Waals surface area contributed by atoms with Crippen LogP contribution in [0.1, 0.15) is 43.5 Å². The molecule has 0 saturated carbocycles. The Morgan fingerprint density at radius 2 is 1.46 bits per heavy atom. The summed E-state index contributed by atoms with van der Waals surface area (Å²) in [6.45, 7) is 7.00. The molecule has 0 aromatic heterocycles. The van der Waals surface area contributed by atoms with E-state index in [1.807, 2.05) is 19.1 Å². The Morgan fingerprint density at radius 3 is 2.03 bits per heavy atom. The standard InChI is InChI=1S/C30H35N3O6/c1-19-8-6-7-9-24(19)31-27(36)26(21-12-16-23(35)17-13-21)33(5)28(37)25(32-29(38)39-30(2,3)4)18-20-10-14-22(34)15-11-20/h6-17,25-26,34-35H,18H2,1-5H3,(H,31,36)(H,32,38). The van der Waals surface area contributed by atoms with Gasteiger partial charge in [-0.2, -0.15) is 0 Å². The molecule has 0 heterocycles. The van der Waals surface area contributed by atoms with Crippen molar-refractivity contribution >= 4 is 23.6 Å². The van der Waals surface area contributed by atoms with Crippen molar-refractivity contribution in [1.29, 1.82) is 0 Å². The lowest BCUT2D eigenvalue weighted by Gasteiger charge is -2.32. The lowest BCUT2D eigenvalue weighted by atomic mass is 10.0. The summed E-state index contributed by atoms with van der Waals surface area (Å²) in [5.41, 5.74) is 1.81. The van der Waals surface area contributed by atoms with Crippen molar-refractivity contribution in [2.24, 2.45) is 0 Å². The molecule has 206 valence electrons. The van der Waals surface area contributed by atoms with E-state index in [0.29, 0.717) is 16.8 Å². The van der Waals surface area contributed by atoms with Crippen molar-refractivity contribution in [3.63, 3.8) is 0 Å². The van der Waals surface area contributed by atoms with Crippen LogP contribution in [0.15, 0.2) is 72.8 Å². The van der Waals surface area contributed by atoms with Gasteiger partial charge in [-0.25, -0.2) is 4.79 Å². The molecular formula is C30H35N3O6. The number of aromatic hydroxyl groups is 2. The van der Waals surface area contributed by atoms with E-state index in [0.717, 1.165) is 5.56 Å². The monoisotopic (exact) mass is 533 g/mol. The topological polar surface area (TPSA) is 128 Å². The summed E-state index contributed by atoms with van der Waals surface area (Å²) in [4.78, 5) is 41.5. The first-order valence-corrected chi connectivity index (χ1v) is 12.5. The Balaban J connectivity index is 1.95. The van der Waals surface area contributed by atoms with Gasteiger partial charge in [0.05, 0.1) is 0 Å². The first-order valence-electron chi connectivity index (χ1n) is 12.5. The summed E-state index contributed by atoms with van der Waals surface area (Å²) in [6.07, 6.45) is -0.691. The van der Waals surface area contributed by atoms with Gasteiger partial charge in [0, 0.05) is 19.2 Å². The third-order valence-corrected chi connectivity index (χ3v) is 5.96. The molecule has 0 aliphatic rings. The Morgan fingerprint density at radius 1 is 0.897 bits per heavy atom. The molecule has 0 aliphatic heterocycles. The van der Waals surface area contributed by atoms with Crippen LogP contribution in [0.2, 0.25) is 0 Å². The Kier molecular flexibility index (Phi) is 9.19. The summed E-state index contributed by atoms with van der Waals surface area (Å²) in [5.74, 6) is -0.917. The molecule has 0 saturated heterocycles. The van der Waals surface area contributed by atoms with Crippen LogP contribution in [-0.4, -0.2) is 51.7 Å². The minimum atomic E-state index is -1.08. The number of aryl methyl sites for hydroxylation is 1. The summed E-state index contributed by atoms with van der Waals surface area (Å²) in [6, 6.07) is 17.4. The lowest BCUT2D eigenvalue weighted by Crippen LogP contribution is -2.52. The molecule has 2 unspecified atom stereocenters. The van der Waals surface area contributed by atoms with Crippen molar-refractivity contribution in [3.8, 4) is 11.5 Å². The smallest absolute Gasteiger partial charge is 0.408 e. The Hall–Kier alpha value is -4.53. The van der Waals surface area contributed by atoms with Gasteiger partial charge >= 0.3 is 6.09 Å². The summed E-state index contributed by atoms with van der Waals surface area (Å²) in [7, 11) is 1.48. The Labute approximate surface area is 228 Å². The van der Waals surface area contributed by atoms with Crippen molar-refractivity contribution < 1.29 is 29.3 Å². The number of hydrogen-bond acceptors (Lipinski definition) is 6. The summed E-state index contributed by atoms with van der Waals surface area (Å²) in [5, 5.41) is 25.0. The highest BCUT2D eigenvalue weighted by Crippen LogP contribution is 2.26. The number of nitrogens with zero attached hydrogens (tertiary/aromatic N) is 1. The van der Waals surface area contributed by atoms with Gasteiger partial charge in [-0.15, -0.1) is 0 Å². The van der Waals surface area contributed by atoms with E-state index in [4.69, 9.17) is 4.74 Å². The van der Waals surface area contributed by atoms with Gasteiger partial charge in [0.25, 0.3) is 5.91 Å². The third-order valence-electron chi connectivity index (χ3n) is 5.96. The van der Waals surface area contributed by atoms with E-state index in [2.05, 4.69) is 10.6 Å². The first kappa shape index (κ1) is 29.0. The number of nitrogens with one attached hydrogen (secondary N) is 2. The maximum Gasteiger partial charge on any atom is 0.408 e. The zero-order chi connectivity index (χ0) is 28.7. The lowest BCUT2D eigenvalue weighted by molar-refractivity contribution is -0.139. The number of anilines is 1. The van der Waals surface area contributed by atoms with Crippen LogP contribution in [0.25, 0.3) is 0 Å². The number of likely N-dealkylation sites (N-methyl/N-ethyl adjacent to an activating group) is 1. The molecule has 9 nitrogen and oxygen atoms in total. The SMILES string of the molecule is Cc1ccccc1NC(=O)C(c1ccc(O)cc1)N(C)C(=O)C(Cc1ccc(O)cc1)NC(=O)OC(C)(C)C. The maximum atomic E-state index is 13.9. The van der Waals surface area contributed by atoms with Gasteiger partial charge in [-0.3, -0.25) is 9.59 Å². The van der Waals surface area contributed by atoms with Gasteiger partial charge in [0.15, 0.2) is 0 Å². The zero-order valence-electron chi connectivity index (χ0n) is 22.8. The molecule has 3 amide bonds.